The number of fused-ring (bicyclic) bond motifs is 6. The van der Waals surface area contributed by atoms with Crippen LogP contribution in [-0.2, 0) is 22.9 Å². The van der Waals surface area contributed by atoms with Crippen LogP contribution in [0.5, 0.6) is 0 Å². The first kappa shape index (κ1) is 34.3. The van der Waals surface area contributed by atoms with Crippen molar-refractivity contribution < 1.29 is 47.7 Å². The van der Waals surface area contributed by atoms with Gasteiger partial charge in [-0.3, -0.25) is 0 Å². The molecule has 0 nitrogen and oxygen atoms in total. The van der Waals surface area contributed by atoms with Gasteiger partial charge in [0.2, 0.25) is 0 Å². The van der Waals surface area contributed by atoms with Gasteiger partial charge in [0.25, 0.3) is 0 Å². The molecule has 2 aliphatic carbocycles. The van der Waals surface area contributed by atoms with E-state index in [0.717, 1.165) is 0 Å². The number of halogens is 2. The molecule has 2 aliphatic rings. The molecular weight excluding hydrogens is 866 g/mol. The Morgan fingerprint density at radius 3 is 1.22 bits per heavy atom. The van der Waals surface area contributed by atoms with Crippen molar-refractivity contribution >= 4 is 67.5 Å². The van der Waals surface area contributed by atoms with Crippen LogP contribution in [0.3, 0.4) is 0 Å². The first-order chi connectivity index (χ1) is 24.3. The quantitative estimate of drug-likeness (QED) is 0.153. The minimum absolute atomic E-state index is 0. The molecule has 0 fully saturated rings. The van der Waals surface area contributed by atoms with Crippen LogP contribution in [0.25, 0.3) is 65.7 Å². The summed E-state index contributed by atoms with van der Waals surface area (Å²) in [6.45, 7) is 0. The topological polar surface area (TPSA) is 0 Å². The Labute approximate surface area is 330 Å². The molecule has 5 heteroatoms. The maximum Gasteiger partial charge on any atom is -1.00 e. The third-order valence-electron chi connectivity index (χ3n) is 10.1. The number of benzene rings is 6. The molecule has 2 heterocycles. The third-order valence-corrected chi connectivity index (χ3v) is 19.3. The van der Waals surface area contributed by atoms with E-state index < -0.39 is 22.9 Å². The number of hydrogen-bond acceptors (Lipinski definition) is 2. The van der Waals surface area contributed by atoms with Gasteiger partial charge in [0, 0.05) is 0 Å². The molecule has 0 saturated heterocycles. The van der Waals surface area contributed by atoms with E-state index in [1.165, 1.54) is 85.6 Å². The average Bonchev–Trinajstić information content (AvgIpc) is 3.98. The van der Waals surface area contributed by atoms with Crippen molar-refractivity contribution in [2.45, 2.75) is 7.35 Å². The number of hydrogen-bond donors (Lipinski definition) is 0. The summed E-state index contributed by atoms with van der Waals surface area (Å²) in [5, 5.41) is 5.41. The Morgan fingerprint density at radius 1 is 0.373 bits per heavy atom. The van der Waals surface area contributed by atoms with Gasteiger partial charge in [-0.15, -0.1) is 0 Å². The van der Waals surface area contributed by atoms with Crippen molar-refractivity contribution in [1.29, 1.82) is 0 Å². The molecular formula is C46H30Cl2HfS2. The van der Waals surface area contributed by atoms with Gasteiger partial charge in [-0.2, -0.15) is 0 Å². The second-order valence-electron chi connectivity index (χ2n) is 12.9. The molecule has 0 spiro atoms. The second-order valence-corrected chi connectivity index (χ2v) is 20.4. The predicted octanol–water partition coefficient (Wildman–Crippen LogP) is 7.43. The summed E-state index contributed by atoms with van der Waals surface area (Å²) >= 11 is 2.39. The van der Waals surface area contributed by atoms with Gasteiger partial charge in [-0.05, 0) is 0 Å². The van der Waals surface area contributed by atoms with Crippen molar-refractivity contribution in [3.8, 4) is 20.9 Å². The molecule has 244 valence electrons. The van der Waals surface area contributed by atoms with Gasteiger partial charge in [-0.1, -0.05) is 0 Å². The molecule has 10 rings (SSSR count). The molecule has 0 saturated carbocycles. The fourth-order valence-electron chi connectivity index (χ4n) is 7.72. The second kappa shape index (κ2) is 14.3. The van der Waals surface area contributed by atoms with Gasteiger partial charge in [0.05, 0.1) is 0 Å². The zero-order chi connectivity index (χ0) is 32.3. The standard InChI is InChI=1S/2C23H15S.2ClH.Hf/c2*1-2-7-17(8-3-1)22-12-13-23(24-22)19-14-18-11-10-16-6-4-5-9-20(16)21(18)15-19;;;/h2*1-15H;2*1H;/q;;;;+2/p-2. The van der Waals surface area contributed by atoms with E-state index in [9.17, 15) is 0 Å². The number of thiophene rings is 2. The Bertz CT molecular complexity index is 2420. The summed E-state index contributed by atoms with van der Waals surface area (Å²) in [6, 6.07) is 58.7. The normalized spacial score (nSPS) is 15.7. The van der Waals surface area contributed by atoms with Crippen molar-refractivity contribution in [2.24, 2.45) is 0 Å². The van der Waals surface area contributed by atoms with Crippen molar-refractivity contribution in [1.82, 2.24) is 0 Å². The van der Waals surface area contributed by atoms with E-state index >= 15 is 0 Å². The molecule has 0 aliphatic heterocycles. The first-order valence-corrected chi connectivity index (χ1v) is 22.6. The van der Waals surface area contributed by atoms with E-state index in [0.29, 0.717) is 7.35 Å². The Morgan fingerprint density at radius 2 is 0.765 bits per heavy atom. The Hall–Kier alpha value is -3.83. The van der Waals surface area contributed by atoms with Gasteiger partial charge in [0.15, 0.2) is 0 Å². The van der Waals surface area contributed by atoms with E-state index in [4.69, 9.17) is 0 Å². The monoisotopic (exact) mass is 896 g/mol. The van der Waals surface area contributed by atoms with E-state index in [1.807, 2.05) is 22.7 Å². The summed E-state index contributed by atoms with van der Waals surface area (Å²) in [4.78, 5) is 5.52. The van der Waals surface area contributed by atoms with Crippen molar-refractivity contribution in [2.75, 3.05) is 0 Å². The maximum absolute atomic E-state index is 2.56. The van der Waals surface area contributed by atoms with Crippen molar-refractivity contribution in [3.63, 3.8) is 0 Å². The minimum atomic E-state index is -1.53. The van der Waals surface area contributed by atoms with Crippen LogP contribution >= 0.6 is 22.7 Å². The fraction of sp³-hybridized carbons (Fsp3) is 0.0435. The van der Waals surface area contributed by atoms with Crippen LogP contribution in [0.4, 0.5) is 0 Å². The van der Waals surface area contributed by atoms with Gasteiger partial charge < -0.3 is 24.8 Å². The summed E-state index contributed by atoms with van der Waals surface area (Å²) < 4.78 is 0.947. The van der Waals surface area contributed by atoms with Gasteiger partial charge in [0.1, 0.15) is 0 Å². The molecule has 2 aromatic heterocycles. The number of rotatable bonds is 6. The molecule has 6 aromatic carbocycles. The van der Waals surface area contributed by atoms with Crippen LogP contribution in [-0.4, -0.2) is 0 Å². The average molecular weight is 896 g/mol. The Balaban J connectivity index is 0.00000187. The minimum Gasteiger partial charge on any atom is -1.00 e. The van der Waals surface area contributed by atoms with E-state index in [1.54, 1.807) is 0 Å². The summed E-state index contributed by atoms with van der Waals surface area (Å²) in [7, 11) is 0. The molecule has 0 radical (unpaired) electrons. The smallest absolute Gasteiger partial charge is 1.00 e. The van der Waals surface area contributed by atoms with Gasteiger partial charge >= 0.3 is 308 Å². The third kappa shape index (κ3) is 6.04. The number of allylic oxidation sites excluding steroid dienone is 2. The van der Waals surface area contributed by atoms with E-state index in [2.05, 4.69) is 170 Å². The molecule has 8 aromatic rings. The van der Waals surface area contributed by atoms with E-state index in [-0.39, 0.29) is 24.8 Å². The zero-order valence-corrected chi connectivity index (χ0v) is 34.1. The van der Waals surface area contributed by atoms with Crippen LogP contribution in [0.2, 0.25) is 0 Å². The first-order valence-electron chi connectivity index (χ1n) is 16.8. The molecule has 0 bridgehead atoms. The van der Waals surface area contributed by atoms with Crippen LogP contribution in [0.15, 0.2) is 158 Å². The zero-order valence-electron chi connectivity index (χ0n) is 27.4. The maximum atomic E-state index is 2.56. The summed E-state index contributed by atoms with van der Waals surface area (Å²) in [5.41, 5.74) is 11.6. The van der Waals surface area contributed by atoms with Crippen LogP contribution < -0.4 is 24.8 Å². The Kier molecular flexibility index (Phi) is 9.61. The predicted molar refractivity (Wildman–Crippen MR) is 209 cm³/mol. The molecule has 0 N–H and O–H groups in total. The van der Waals surface area contributed by atoms with Crippen LogP contribution in [0.1, 0.15) is 39.4 Å². The molecule has 2 atom stereocenters. The van der Waals surface area contributed by atoms with Gasteiger partial charge in [-0.25, -0.2) is 0 Å². The van der Waals surface area contributed by atoms with Crippen LogP contribution in [0, 0.1) is 0 Å². The molecule has 2 unspecified atom stereocenters. The fourth-order valence-corrected chi connectivity index (χ4v) is 17.9. The molecule has 0 amide bonds. The SMILES string of the molecule is C1=C(c2ccc(-c3ccccc3)s2)[CH]([Hf+2][CH]2C(c3ccc(-c4ccccc4)s3)=Cc3c2ccc2ccccc32)c2ccc3ccccc3c21.[Cl-].[Cl-]. The largest absolute Gasteiger partial charge is 1.00 e. The summed E-state index contributed by atoms with van der Waals surface area (Å²) in [5.74, 6) is 0. The summed E-state index contributed by atoms with van der Waals surface area (Å²) in [6.07, 6.45) is 5.13. The molecule has 51 heavy (non-hydrogen) atoms. The van der Waals surface area contributed by atoms with Crippen molar-refractivity contribution in [3.05, 3.63) is 190 Å².